The molecular formula is C21H29N5O2. The van der Waals surface area contributed by atoms with Crippen LogP contribution in [0.4, 0.5) is 0 Å². The van der Waals surface area contributed by atoms with E-state index in [9.17, 15) is 4.79 Å². The van der Waals surface area contributed by atoms with E-state index in [4.69, 9.17) is 4.74 Å². The van der Waals surface area contributed by atoms with Crippen LogP contribution in [-0.4, -0.2) is 45.3 Å². The maximum atomic E-state index is 12.1. The molecule has 2 aromatic rings. The lowest BCUT2D eigenvalue weighted by Crippen LogP contribution is -2.30. The Morgan fingerprint density at radius 1 is 1.25 bits per heavy atom. The number of benzene rings is 1. The molecule has 0 radical (unpaired) electrons. The SMILES string of the molecule is CC[C@H](C)C(=O)NCc1nnc2n1CCN(Cc1ccc3c(c1)CCO3)CC2. The molecule has 0 fully saturated rings. The van der Waals surface area contributed by atoms with Gasteiger partial charge in [-0.15, -0.1) is 10.2 Å². The van der Waals surface area contributed by atoms with Crippen LogP contribution in [-0.2, 0) is 37.3 Å². The Bertz CT molecular complexity index is 847. The summed E-state index contributed by atoms with van der Waals surface area (Å²) in [6, 6.07) is 6.55. The van der Waals surface area contributed by atoms with Gasteiger partial charge in [0.05, 0.1) is 13.2 Å². The van der Waals surface area contributed by atoms with Crippen molar-refractivity contribution in [1.29, 1.82) is 0 Å². The minimum absolute atomic E-state index is 0.0275. The number of aromatic nitrogens is 3. The molecule has 1 amide bonds. The molecule has 2 aliphatic rings. The monoisotopic (exact) mass is 383 g/mol. The topological polar surface area (TPSA) is 72.3 Å². The number of nitrogens with one attached hydrogen (secondary N) is 1. The van der Waals surface area contributed by atoms with Crippen molar-refractivity contribution < 1.29 is 9.53 Å². The molecule has 1 atom stereocenters. The summed E-state index contributed by atoms with van der Waals surface area (Å²) < 4.78 is 7.78. The summed E-state index contributed by atoms with van der Waals surface area (Å²) in [6.07, 6.45) is 2.73. The Morgan fingerprint density at radius 3 is 3.00 bits per heavy atom. The predicted molar refractivity (Wildman–Crippen MR) is 106 cm³/mol. The molecule has 7 heteroatoms. The summed E-state index contributed by atoms with van der Waals surface area (Å²) in [7, 11) is 0. The van der Waals surface area contributed by atoms with Crippen molar-refractivity contribution in [1.82, 2.24) is 25.0 Å². The number of rotatable bonds is 6. The first-order valence-corrected chi connectivity index (χ1v) is 10.3. The van der Waals surface area contributed by atoms with Crippen LogP contribution in [0.1, 0.15) is 43.0 Å². The van der Waals surface area contributed by atoms with E-state index in [2.05, 4.69) is 43.2 Å². The molecular weight excluding hydrogens is 354 g/mol. The highest BCUT2D eigenvalue weighted by molar-refractivity contribution is 5.78. The number of nitrogens with zero attached hydrogens (tertiary/aromatic N) is 4. The molecule has 4 rings (SSSR count). The van der Waals surface area contributed by atoms with E-state index in [0.717, 1.165) is 69.4 Å². The van der Waals surface area contributed by atoms with E-state index in [1.165, 1.54) is 11.1 Å². The highest BCUT2D eigenvalue weighted by Gasteiger charge is 2.20. The van der Waals surface area contributed by atoms with E-state index < -0.39 is 0 Å². The van der Waals surface area contributed by atoms with Gasteiger partial charge in [0.2, 0.25) is 5.91 Å². The highest BCUT2D eigenvalue weighted by Crippen LogP contribution is 2.26. The Morgan fingerprint density at radius 2 is 2.14 bits per heavy atom. The Labute approximate surface area is 166 Å². The van der Waals surface area contributed by atoms with Crippen molar-refractivity contribution in [2.24, 2.45) is 5.92 Å². The van der Waals surface area contributed by atoms with Crippen LogP contribution in [0.3, 0.4) is 0 Å². The largest absolute Gasteiger partial charge is 0.493 e. The second kappa shape index (κ2) is 8.31. The fourth-order valence-corrected chi connectivity index (χ4v) is 3.84. The maximum absolute atomic E-state index is 12.1. The van der Waals surface area contributed by atoms with Gasteiger partial charge in [0.1, 0.15) is 11.6 Å². The third-order valence-electron chi connectivity index (χ3n) is 5.84. The van der Waals surface area contributed by atoms with E-state index in [-0.39, 0.29) is 11.8 Å². The summed E-state index contributed by atoms with van der Waals surface area (Å²) in [5.74, 6) is 3.01. The Hall–Kier alpha value is -2.41. The first-order chi connectivity index (χ1) is 13.6. The molecule has 0 unspecified atom stereocenters. The van der Waals surface area contributed by atoms with Gasteiger partial charge in [-0.3, -0.25) is 9.69 Å². The molecule has 7 nitrogen and oxygen atoms in total. The van der Waals surface area contributed by atoms with Gasteiger partial charge in [-0.25, -0.2) is 0 Å². The number of carbonyl (C=O) groups excluding carboxylic acids is 1. The third kappa shape index (κ3) is 4.04. The zero-order valence-electron chi connectivity index (χ0n) is 16.8. The molecule has 0 saturated carbocycles. The van der Waals surface area contributed by atoms with Crippen LogP contribution < -0.4 is 10.1 Å². The first kappa shape index (κ1) is 18.9. The number of hydrogen-bond donors (Lipinski definition) is 1. The average molecular weight is 383 g/mol. The van der Waals surface area contributed by atoms with Gasteiger partial charge in [-0.2, -0.15) is 0 Å². The van der Waals surface area contributed by atoms with E-state index in [0.29, 0.717) is 6.54 Å². The van der Waals surface area contributed by atoms with Gasteiger partial charge < -0.3 is 14.6 Å². The number of hydrogen-bond acceptors (Lipinski definition) is 5. The quantitative estimate of drug-likeness (QED) is 0.825. The van der Waals surface area contributed by atoms with Crippen LogP contribution in [0.15, 0.2) is 18.2 Å². The van der Waals surface area contributed by atoms with Crippen LogP contribution in [0.5, 0.6) is 5.75 Å². The summed E-state index contributed by atoms with van der Waals surface area (Å²) in [5, 5.41) is 11.7. The van der Waals surface area contributed by atoms with Gasteiger partial charge >= 0.3 is 0 Å². The Balaban J connectivity index is 1.36. The van der Waals surface area contributed by atoms with Crippen molar-refractivity contribution in [3.05, 3.63) is 41.0 Å². The van der Waals surface area contributed by atoms with Crippen LogP contribution in [0.2, 0.25) is 0 Å². The Kier molecular flexibility index (Phi) is 5.62. The number of fused-ring (bicyclic) bond motifs is 2. The molecule has 1 N–H and O–H groups in total. The van der Waals surface area contributed by atoms with E-state index in [1.54, 1.807) is 0 Å². The van der Waals surface area contributed by atoms with Gasteiger partial charge in [0, 0.05) is 44.9 Å². The van der Waals surface area contributed by atoms with Crippen LogP contribution in [0.25, 0.3) is 0 Å². The van der Waals surface area contributed by atoms with Crippen LogP contribution in [0, 0.1) is 5.92 Å². The zero-order chi connectivity index (χ0) is 19.5. The predicted octanol–water partition coefficient (Wildman–Crippen LogP) is 1.93. The fourth-order valence-electron chi connectivity index (χ4n) is 3.84. The highest BCUT2D eigenvalue weighted by atomic mass is 16.5. The molecule has 1 aromatic carbocycles. The molecule has 0 spiro atoms. The van der Waals surface area contributed by atoms with E-state index >= 15 is 0 Å². The van der Waals surface area contributed by atoms with Gasteiger partial charge in [0.25, 0.3) is 0 Å². The molecule has 1 aromatic heterocycles. The molecule has 0 saturated heterocycles. The lowest BCUT2D eigenvalue weighted by atomic mass is 10.1. The van der Waals surface area contributed by atoms with Crippen molar-refractivity contribution >= 4 is 5.91 Å². The van der Waals surface area contributed by atoms with Crippen LogP contribution >= 0.6 is 0 Å². The zero-order valence-corrected chi connectivity index (χ0v) is 16.8. The minimum Gasteiger partial charge on any atom is -0.493 e. The molecule has 3 heterocycles. The van der Waals surface area contributed by atoms with E-state index in [1.807, 2.05) is 13.8 Å². The second-order valence-electron chi connectivity index (χ2n) is 7.78. The summed E-state index contributed by atoms with van der Waals surface area (Å²) in [6.45, 7) is 8.92. The van der Waals surface area contributed by atoms with Crippen molar-refractivity contribution in [3.8, 4) is 5.75 Å². The van der Waals surface area contributed by atoms with Crippen molar-refractivity contribution in [2.45, 2.75) is 52.7 Å². The number of carbonyl (C=O) groups is 1. The van der Waals surface area contributed by atoms with Crippen molar-refractivity contribution in [3.63, 3.8) is 0 Å². The lowest BCUT2D eigenvalue weighted by molar-refractivity contribution is -0.124. The lowest BCUT2D eigenvalue weighted by Gasteiger charge is -2.20. The standard InChI is InChI=1S/C21H29N5O2/c1-3-15(2)21(27)22-13-20-24-23-19-6-8-25(9-10-26(19)20)14-16-4-5-18-17(12-16)7-11-28-18/h4-5,12,15H,3,6-11,13-14H2,1-2H3,(H,22,27)/t15-/m0/s1. The van der Waals surface area contributed by atoms with Gasteiger partial charge in [-0.05, 0) is 23.6 Å². The first-order valence-electron chi connectivity index (χ1n) is 10.3. The number of amides is 1. The van der Waals surface area contributed by atoms with Gasteiger partial charge in [-0.1, -0.05) is 26.0 Å². The van der Waals surface area contributed by atoms with Gasteiger partial charge in [0.15, 0.2) is 5.82 Å². The summed E-state index contributed by atoms with van der Waals surface area (Å²) >= 11 is 0. The molecule has 150 valence electrons. The fraction of sp³-hybridized carbons (Fsp3) is 0.571. The minimum atomic E-state index is 0.0275. The molecule has 2 aliphatic heterocycles. The maximum Gasteiger partial charge on any atom is 0.223 e. The molecule has 28 heavy (non-hydrogen) atoms. The number of ether oxygens (including phenoxy) is 1. The normalized spacial score (nSPS) is 17.4. The van der Waals surface area contributed by atoms with Crippen molar-refractivity contribution in [2.75, 3.05) is 19.7 Å². The third-order valence-corrected chi connectivity index (χ3v) is 5.84. The molecule has 0 aliphatic carbocycles. The summed E-state index contributed by atoms with van der Waals surface area (Å²) in [4.78, 5) is 14.5. The average Bonchev–Trinajstić information content (AvgIpc) is 3.28. The molecule has 0 bridgehead atoms. The summed E-state index contributed by atoms with van der Waals surface area (Å²) in [5.41, 5.74) is 2.66. The second-order valence-corrected chi connectivity index (χ2v) is 7.78. The smallest absolute Gasteiger partial charge is 0.223 e.